The normalized spacial score (nSPS) is 20.6. The summed E-state index contributed by atoms with van der Waals surface area (Å²) in [4.78, 5) is 10.5. The number of halogens is 1. The molecule has 1 unspecified atom stereocenters. The van der Waals surface area contributed by atoms with E-state index in [1.807, 2.05) is 0 Å². The fraction of sp³-hybridized carbons (Fsp3) is 0.667. The molecule has 0 bridgehead atoms. The Morgan fingerprint density at radius 1 is 1.47 bits per heavy atom. The number of anilines is 1. The lowest BCUT2D eigenvalue weighted by molar-refractivity contribution is 0.0439. The van der Waals surface area contributed by atoms with Crippen molar-refractivity contribution in [2.75, 3.05) is 24.6 Å². The smallest absolute Gasteiger partial charge is 0.171 e. The van der Waals surface area contributed by atoms with Gasteiger partial charge in [-0.3, -0.25) is 0 Å². The summed E-state index contributed by atoms with van der Waals surface area (Å²) < 4.78 is 5.79. The fourth-order valence-electron chi connectivity index (χ4n) is 2.08. The number of aromatic nitrogens is 2. The van der Waals surface area contributed by atoms with Crippen molar-refractivity contribution in [1.29, 1.82) is 0 Å². The topological polar surface area (TPSA) is 38.2 Å². The minimum atomic E-state index is 0.293. The number of nitrogens with zero attached hydrogens (tertiary/aromatic N) is 3. The minimum absolute atomic E-state index is 0.293. The molecule has 1 fully saturated rings. The van der Waals surface area contributed by atoms with Crippen molar-refractivity contribution in [3.8, 4) is 0 Å². The van der Waals surface area contributed by atoms with E-state index >= 15 is 0 Å². The van der Waals surface area contributed by atoms with Crippen LogP contribution in [0.4, 0.5) is 5.82 Å². The maximum absolute atomic E-state index is 6.05. The average Bonchev–Trinajstić information content (AvgIpc) is 2.37. The second-order valence-electron chi connectivity index (χ2n) is 4.25. The summed E-state index contributed by atoms with van der Waals surface area (Å²) in [7, 11) is 0. The van der Waals surface area contributed by atoms with E-state index in [1.54, 1.807) is 12.4 Å². The van der Waals surface area contributed by atoms with Gasteiger partial charge in [-0.25, -0.2) is 9.97 Å². The number of ether oxygens (including phenoxy) is 1. The molecule has 4 nitrogen and oxygen atoms in total. The monoisotopic (exact) mass is 255 g/mol. The van der Waals surface area contributed by atoms with E-state index in [-0.39, 0.29) is 0 Å². The molecule has 1 aliphatic rings. The molecule has 1 saturated heterocycles. The second kappa shape index (κ2) is 6.17. The van der Waals surface area contributed by atoms with Gasteiger partial charge >= 0.3 is 0 Å². The Morgan fingerprint density at radius 2 is 2.29 bits per heavy atom. The standard InChI is InChI=1S/C12H18ClN3O/c1-2-8-17-10-4-3-7-16(9-10)12-11(13)14-5-6-15-12/h5-6,10H,2-4,7-9H2,1H3. The van der Waals surface area contributed by atoms with Gasteiger partial charge in [0.2, 0.25) is 0 Å². The van der Waals surface area contributed by atoms with Gasteiger partial charge in [0.05, 0.1) is 6.10 Å². The van der Waals surface area contributed by atoms with Gasteiger partial charge in [-0.05, 0) is 19.3 Å². The molecule has 1 aliphatic heterocycles. The van der Waals surface area contributed by atoms with E-state index in [9.17, 15) is 0 Å². The van der Waals surface area contributed by atoms with Crippen LogP contribution in [-0.4, -0.2) is 35.8 Å². The number of hydrogen-bond donors (Lipinski definition) is 0. The largest absolute Gasteiger partial charge is 0.376 e. The van der Waals surface area contributed by atoms with E-state index in [1.165, 1.54) is 0 Å². The van der Waals surface area contributed by atoms with E-state index in [0.29, 0.717) is 11.3 Å². The summed E-state index contributed by atoms with van der Waals surface area (Å²) in [5.74, 6) is 0.777. The van der Waals surface area contributed by atoms with E-state index in [2.05, 4.69) is 21.8 Å². The van der Waals surface area contributed by atoms with Gasteiger partial charge < -0.3 is 9.64 Å². The molecule has 0 N–H and O–H groups in total. The molecule has 94 valence electrons. The third-order valence-corrected chi connectivity index (χ3v) is 3.14. The van der Waals surface area contributed by atoms with Crippen molar-refractivity contribution < 1.29 is 4.74 Å². The molecule has 2 rings (SSSR count). The third kappa shape index (κ3) is 3.30. The lowest BCUT2D eigenvalue weighted by Crippen LogP contribution is -2.40. The van der Waals surface area contributed by atoms with Crippen LogP contribution in [0.5, 0.6) is 0 Å². The lowest BCUT2D eigenvalue weighted by Gasteiger charge is -2.33. The van der Waals surface area contributed by atoms with Crippen molar-refractivity contribution >= 4 is 17.4 Å². The molecule has 17 heavy (non-hydrogen) atoms. The first-order valence-corrected chi connectivity index (χ1v) is 6.52. The molecular formula is C12H18ClN3O. The minimum Gasteiger partial charge on any atom is -0.376 e. The van der Waals surface area contributed by atoms with Crippen molar-refractivity contribution in [2.24, 2.45) is 0 Å². The van der Waals surface area contributed by atoms with Crippen LogP contribution in [0.15, 0.2) is 12.4 Å². The van der Waals surface area contributed by atoms with Crippen LogP contribution in [0.3, 0.4) is 0 Å². The molecule has 0 spiro atoms. The third-order valence-electron chi connectivity index (χ3n) is 2.87. The van der Waals surface area contributed by atoms with Gasteiger partial charge in [0.25, 0.3) is 0 Å². The first-order chi connectivity index (χ1) is 8.31. The average molecular weight is 256 g/mol. The van der Waals surface area contributed by atoms with Crippen LogP contribution in [0.25, 0.3) is 0 Å². The van der Waals surface area contributed by atoms with Crippen molar-refractivity contribution in [3.05, 3.63) is 17.5 Å². The Morgan fingerprint density at radius 3 is 3.06 bits per heavy atom. The molecule has 0 aromatic carbocycles. The molecule has 1 aromatic heterocycles. The van der Waals surface area contributed by atoms with Crippen molar-refractivity contribution in [1.82, 2.24) is 9.97 Å². The summed E-state index contributed by atoms with van der Waals surface area (Å²) in [5, 5.41) is 0.476. The maximum atomic E-state index is 6.05. The summed E-state index contributed by atoms with van der Waals surface area (Å²) in [6.45, 7) is 4.79. The first kappa shape index (κ1) is 12.6. The van der Waals surface area contributed by atoms with E-state index in [0.717, 1.165) is 44.8 Å². The molecular weight excluding hydrogens is 238 g/mol. The highest BCUT2D eigenvalue weighted by Crippen LogP contribution is 2.24. The Labute approximate surface area is 107 Å². The van der Waals surface area contributed by atoms with Crippen LogP contribution in [0, 0.1) is 0 Å². The predicted molar refractivity (Wildman–Crippen MR) is 68.5 cm³/mol. The molecule has 2 heterocycles. The number of piperidine rings is 1. The van der Waals surface area contributed by atoms with Gasteiger partial charge in [-0.15, -0.1) is 0 Å². The zero-order valence-electron chi connectivity index (χ0n) is 10.1. The second-order valence-corrected chi connectivity index (χ2v) is 4.61. The Balaban J connectivity index is 1.99. The van der Waals surface area contributed by atoms with Crippen LogP contribution >= 0.6 is 11.6 Å². The summed E-state index contributed by atoms with van der Waals surface area (Å²) in [5.41, 5.74) is 0. The zero-order valence-corrected chi connectivity index (χ0v) is 10.9. The predicted octanol–water partition coefficient (Wildman–Crippen LogP) is 2.53. The zero-order chi connectivity index (χ0) is 12.1. The first-order valence-electron chi connectivity index (χ1n) is 6.14. The van der Waals surface area contributed by atoms with Gasteiger partial charge in [0, 0.05) is 32.1 Å². The van der Waals surface area contributed by atoms with E-state index < -0.39 is 0 Å². The van der Waals surface area contributed by atoms with Crippen LogP contribution in [-0.2, 0) is 4.74 Å². The Hall–Kier alpha value is -0.870. The van der Waals surface area contributed by atoms with Gasteiger partial charge in [0.15, 0.2) is 11.0 Å². The summed E-state index contributed by atoms with van der Waals surface area (Å²) in [6, 6.07) is 0. The lowest BCUT2D eigenvalue weighted by atomic mass is 10.1. The molecule has 1 aromatic rings. The van der Waals surface area contributed by atoms with Gasteiger partial charge in [-0.2, -0.15) is 0 Å². The SMILES string of the molecule is CCCOC1CCCN(c2nccnc2Cl)C1. The summed E-state index contributed by atoms with van der Waals surface area (Å²) in [6.07, 6.45) is 6.87. The quantitative estimate of drug-likeness (QED) is 0.829. The van der Waals surface area contributed by atoms with Gasteiger partial charge in [-0.1, -0.05) is 18.5 Å². The highest BCUT2D eigenvalue weighted by molar-refractivity contribution is 6.31. The Bertz CT molecular complexity index is 361. The molecule has 0 aliphatic carbocycles. The molecule has 0 amide bonds. The van der Waals surface area contributed by atoms with E-state index in [4.69, 9.17) is 16.3 Å². The maximum Gasteiger partial charge on any atom is 0.171 e. The molecule has 0 radical (unpaired) electrons. The molecule has 5 heteroatoms. The van der Waals surface area contributed by atoms with Crippen molar-refractivity contribution in [2.45, 2.75) is 32.3 Å². The number of hydrogen-bond acceptors (Lipinski definition) is 4. The van der Waals surface area contributed by atoms with Crippen LogP contribution in [0.2, 0.25) is 5.15 Å². The van der Waals surface area contributed by atoms with Crippen molar-refractivity contribution in [3.63, 3.8) is 0 Å². The highest BCUT2D eigenvalue weighted by Gasteiger charge is 2.22. The molecule has 1 atom stereocenters. The Kier molecular flexibility index (Phi) is 4.57. The van der Waals surface area contributed by atoms with Crippen LogP contribution in [0.1, 0.15) is 26.2 Å². The van der Waals surface area contributed by atoms with Crippen LogP contribution < -0.4 is 4.90 Å². The highest BCUT2D eigenvalue weighted by atomic mass is 35.5. The fourth-order valence-corrected chi connectivity index (χ4v) is 2.30. The van der Waals surface area contributed by atoms with Gasteiger partial charge in [0.1, 0.15) is 0 Å². The summed E-state index contributed by atoms with van der Waals surface area (Å²) >= 11 is 6.05. The number of rotatable bonds is 4. The molecule has 0 saturated carbocycles.